The zero-order valence-corrected chi connectivity index (χ0v) is 7.76. The van der Waals surface area contributed by atoms with E-state index in [1.165, 1.54) is 19.3 Å². The molecule has 2 rings (SSSR count). The molecule has 2 aliphatic rings. The van der Waals surface area contributed by atoms with Gasteiger partial charge >= 0.3 is 0 Å². The molecule has 1 unspecified atom stereocenters. The minimum atomic E-state index is -0.0914. The molecule has 2 heteroatoms. The van der Waals surface area contributed by atoms with Gasteiger partial charge in [-0.2, -0.15) is 0 Å². The molecule has 1 nitrogen and oxygen atoms in total. The third kappa shape index (κ3) is 0.668. The van der Waals surface area contributed by atoms with Crippen molar-refractivity contribution in [2.75, 3.05) is 0 Å². The molecular formula is C8H13BrO. The van der Waals surface area contributed by atoms with Gasteiger partial charge in [-0.05, 0) is 30.6 Å². The standard InChI is InChI=1S/C8H13BrO/c1-8-3-2-5(8)4-6(9)7(8)10/h5-7,10H,2-4H2,1H3/t5?,6-,7+,8+/m0/s1. The topological polar surface area (TPSA) is 20.2 Å². The second-order valence-electron chi connectivity index (χ2n) is 3.94. The van der Waals surface area contributed by atoms with Gasteiger partial charge in [0, 0.05) is 4.83 Å². The molecule has 0 bridgehead atoms. The third-order valence-corrected chi connectivity index (χ3v) is 4.37. The van der Waals surface area contributed by atoms with Crippen LogP contribution in [0.3, 0.4) is 0 Å². The van der Waals surface area contributed by atoms with Gasteiger partial charge in [0.2, 0.25) is 0 Å². The molecule has 0 radical (unpaired) electrons. The van der Waals surface area contributed by atoms with Crippen LogP contribution in [0.25, 0.3) is 0 Å². The fraction of sp³-hybridized carbons (Fsp3) is 1.00. The predicted molar refractivity (Wildman–Crippen MR) is 44.2 cm³/mol. The zero-order valence-electron chi connectivity index (χ0n) is 6.18. The van der Waals surface area contributed by atoms with Gasteiger partial charge in [0.25, 0.3) is 0 Å². The molecule has 0 aliphatic heterocycles. The Morgan fingerprint density at radius 1 is 1.60 bits per heavy atom. The molecule has 0 aromatic carbocycles. The fourth-order valence-electron chi connectivity index (χ4n) is 2.39. The predicted octanol–water partition coefficient (Wildman–Crippen LogP) is 1.93. The van der Waals surface area contributed by atoms with Gasteiger partial charge in [0.05, 0.1) is 6.10 Å². The molecule has 2 aliphatic carbocycles. The largest absolute Gasteiger partial charge is 0.391 e. The van der Waals surface area contributed by atoms with Gasteiger partial charge in [-0.3, -0.25) is 0 Å². The van der Waals surface area contributed by atoms with Crippen LogP contribution >= 0.6 is 15.9 Å². The van der Waals surface area contributed by atoms with Gasteiger partial charge in [-0.1, -0.05) is 22.9 Å². The van der Waals surface area contributed by atoms with Crippen molar-refractivity contribution in [2.24, 2.45) is 11.3 Å². The molecule has 0 aromatic rings. The lowest BCUT2D eigenvalue weighted by Gasteiger charge is -2.44. The van der Waals surface area contributed by atoms with Crippen LogP contribution in [0.4, 0.5) is 0 Å². The molecular weight excluding hydrogens is 192 g/mol. The first-order chi connectivity index (χ1) is 4.64. The second kappa shape index (κ2) is 1.98. The first kappa shape index (κ1) is 7.11. The SMILES string of the molecule is C[C@@]12CCC1C[C@H](Br)[C@H]2O. The van der Waals surface area contributed by atoms with Gasteiger partial charge < -0.3 is 5.11 Å². The van der Waals surface area contributed by atoms with E-state index in [2.05, 4.69) is 22.9 Å². The molecule has 1 N–H and O–H groups in total. The number of aliphatic hydroxyl groups is 1. The van der Waals surface area contributed by atoms with Gasteiger partial charge in [0.1, 0.15) is 0 Å². The molecule has 0 spiro atoms. The summed E-state index contributed by atoms with van der Waals surface area (Å²) in [6, 6.07) is 0. The Morgan fingerprint density at radius 2 is 2.30 bits per heavy atom. The van der Waals surface area contributed by atoms with E-state index in [0.29, 0.717) is 4.83 Å². The summed E-state index contributed by atoms with van der Waals surface area (Å²) in [4.78, 5) is 0.366. The van der Waals surface area contributed by atoms with Gasteiger partial charge in [-0.25, -0.2) is 0 Å². The Kier molecular flexibility index (Phi) is 1.41. The minimum absolute atomic E-state index is 0.0914. The maximum atomic E-state index is 9.70. The van der Waals surface area contributed by atoms with E-state index in [9.17, 15) is 5.11 Å². The summed E-state index contributed by atoms with van der Waals surface area (Å²) in [7, 11) is 0. The van der Waals surface area contributed by atoms with E-state index in [4.69, 9.17) is 0 Å². The van der Waals surface area contributed by atoms with Gasteiger partial charge in [-0.15, -0.1) is 0 Å². The summed E-state index contributed by atoms with van der Waals surface area (Å²) in [5.41, 5.74) is 0.272. The highest BCUT2D eigenvalue weighted by Gasteiger charge is 2.55. The molecule has 0 heterocycles. The highest BCUT2D eigenvalue weighted by molar-refractivity contribution is 9.09. The van der Waals surface area contributed by atoms with Gasteiger partial charge in [0.15, 0.2) is 0 Å². The van der Waals surface area contributed by atoms with Crippen LogP contribution in [-0.4, -0.2) is 16.0 Å². The van der Waals surface area contributed by atoms with E-state index in [1.807, 2.05) is 0 Å². The van der Waals surface area contributed by atoms with Crippen molar-refractivity contribution in [1.29, 1.82) is 0 Å². The Morgan fingerprint density at radius 3 is 2.50 bits per heavy atom. The molecule has 58 valence electrons. The van der Waals surface area contributed by atoms with Crippen LogP contribution in [0, 0.1) is 11.3 Å². The number of hydrogen-bond donors (Lipinski definition) is 1. The fourth-order valence-corrected chi connectivity index (χ4v) is 3.45. The summed E-state index contributed by atoms with van der Waals surface area (Å²) in [6.07, 6.45) is 3.64. The number of rotatable bonds is 0. The zero-order chi connectivity index (χ0) is 7.35. The van der Waals surface area contributed by atoms with Crippen molar-refractivity contribution < 1.29 is 5.11 Å². The maximum Gasteiger partial charge on any atom is 0.0721 e. The van der Waals surface area contributed by atoms with Crippen LogP contribution in [0.1, 0.15) is 26.2 Å². The first-order valence-electron chi connectivity index (χ1n) is 3.97. The van der Waals surface area contributed by atoms with E-state index < -0.39 is 0 Å². The molecule has 0 aromatic heterocycles. The molecule has 0 saturated heterocycles. The highest BCUT2D eigenvalue weighted by atomic mass is 79.9. The maximum absolute atomic E-state index is 9.70. The Hall–Kier alpha value is 0.440. The smallest absolute Gasteiger partial charge is 0.0721 e. The van der Waals surface area contributed by atoms with E-state index in [0.717, 1.165) is 5.92 Å². The summed E-state index contributed by atoms with van der Waals surface area (Å²) in [6.45, 7) is 2.22. The molecule has 4 atom stereocenters. The Labute approximate surface area is 69.9 Å². The summed E-state index contributed by atoms with van der Waals surface area (Å²) in [5.74, 6) is 0.798. The summed E-state index contributed by atoms with van der Waals surface area (Å²) >= 11 is 3.51. The van der Waals surface area contributed by atoms with Crippen molar-refractivity contribution in [1.82, 2.24) is 0 Å². The van der Waals surface area contributed by atoms with Crippen molar-refractivity contribution in [3.05, 3.63) is 0 Å². The molecule has 0 amide bonds. The van der Waals surface area contributed by atoms with Crippen LogP contribution in [0.5, 0.6) is 0 Å². The number of fused-ring (bicyclic) bond motifs is 1. The lowest BCUT2D eigenvalue weighted by molar-refractivity contribution is -0.0233. The van der Waals surface area contributed by atoms with Crippen LogP contribution in [0.2, 0.25) is 0 Å². The quantitative estimate of drug-likeness (QED) is 0.599. The van der Waals surface area contributed by atoms with Crippen LogP contribution < -0.4 is 0 Å². The van der Waals surface area contributed by atoms with Crippen molar-refractivity contribution >= 4 is 15.9 Å². The number of alkyl halides is 1. The molecule has 10 heavy (non-hydrogen) atoms. The number of hydrogen-bond acceptors (Lipinski definition) is 1. The second-order valence-corrected chi connectivity index (χ2v) is 5.11. The van der Waals surface area contributed by atoms with E-state index >= 15 is 0 Å². The monoisotopic (exact) mass is 204 g/mol. The van der Waals surface area contributed by atoms with Crippen molar-refractivity contribution in [3.63, 3.8) is 0 Å². The average Bonchev–Trinajstić information content (AvgIpc) is 2.03. The van der Waals surface area contributed by atoms with Crippen molar-refractivity contribution in [3.8, 4) is 0 Å². The number of halogens is 1. The third-order valence-electron chi connectivity index (χ3n) is 3.49. The van der Waals surface area contributed by atoms with Crippen molar-refractivity contribution in [2.45, 2.75) is 37.1 Å². The number of aliphatic hydroxyl groups excluding tert-OH is 1. The summed E-state index contributed by atoms with van der Waals surface area (Å²) < 4.78 is 0. The lowest BCUT2D eigenvalue weighted by atomic mass is 9.62. The van der Waals surface area contributed by atoms with Crippen LogP contribution in [-0.2, 0) is 0 Å². The Balaban J connectivity index is 2.20. The molecule has 2 fully saturated rings. The first-order valence-corrected chi connectivity index (χ1v) is 4.88. The van der Waals surface area contributed by atoms with E-state index in [-0.39, 0.29) is 11.5 Å². The average molecular weight is 205 g/mol. The summed E-state index contributed by atoms with van der Waals surface area (Å²) in [5, 5.41) is 9.70. The minimum Gasteiger partial charge on any atom is -0.391 e. The van der Waals surface area contributed by atoms with Crippen LogP contribution in [0.15, 0.2) is 0 Å². The lowest BCUT2D eigenvalue weighted by Crippen LogP contribution is -2.41. The highest BCUT2D eigenvalue weighted by Crippen LogP contribution is 2.58. The normalized spacial score (nSPS) is 59.7. The molecule has 2 saturated carbocycles. The van der Waals surface area contributed by atoms with E-state index in [1.54, 1.807) is 0 Å². The Bertz CT molecular complexity index is 159.